The number of aliphatic imine (C=N–C) groups is 1. The maximum atomic E-state index is 5.73. The minimum atomic E-state index is 0. The maximum absolute atomic E-state index is 5.73. The van der Waals surface area contributed by atoms with E-state index >= 15 is 0 Å². The summed E-state index contributed by atoms with van der Waals surface area (Å²) in [6, 6.07) is 4.34. The normalized spacial score (nSPS) is 20.7. The van der Waals surface area contributed by atoms with Gasteiger partial charge in [0.1, 0.15) is 5.76 Å². The van der Waals surface area contributed by atoms with Crippen LogP contribution in [0.1, 0.15) is 50.3 Å². The Kier molecular flexibility index (Phi) is 10.5. The van der Waals surface area contributed by atoms with E-state index in [2.05, 4.69) is 31.5 Å². The van der Waals surface area contributed by atoms with Gasteiger partial charge in [-0.2, -0.15) is 0 Å². The lowest BCUT2D eigenvalue weighted by atomic mass is 10.1. The molecule has 1 aromatic heterocycles. The van der Waals surface area contributed by atoms with Gasteiger partial charge in [0.05, 0.1) is 12.3 Å². The molecule has 0 amide bonds. The molecule has 2 aliphatic heterocycles. The Labute approximate surface area is 181 Å². The Morgan fingerprint density at radius 3 is 2.41 bits per heavy atom. The van der Waals surface area contributed by atoms with Crippen LogP contribution in [-0.2, 0) is 0 Å². The Morgan fingerprint density at radius 1 is 1.07 bits per heavy atom. The monoisotopic (exact) mass is 489 g/mol. The van der Waals surface area contributed by atoms with E-state index in [0.29, 0.717) is 0 Å². The molecule has 0 radical (unpaired) electrons. The third-order valence-electron chi connectivity index (χ3n) is 5.56. The maximum Gasteiger partial charge on any atom is 0.191 e. The first-order valence-corrected chi connectivity index (χ1v) is 10.3. The highest BCUT2D eigenvalue weighted by atomic mass is 127. The molecule has 0 aromatic carbocycles. The largest absolute Gasteiger partial charge is 0.468 e. The van der Waals surface area contributed by atoms with E-state index in [9.17, 15) is 0 Å². The molecular weight excluding hydrogens is 453 g/mol. The van der Waals surface area contributed by atoms with E-state index in [1.54, 1.807) is 6.26 Å². The number of piperidine rings is 2. The highest BCUT2D eigenvalue weighted by Crippen LogP contribution is 2.24. The number of hydrogen-bond acceptors (Lipinski definition) is 4. The van der Waals surface area contributed by atoms with Gasteiger partial charge in [0.25, 0.3) is 0 Å². The lowest BCUT2D eigenvalue weighted by Crippen LogP contribution is -2.46. The summed E-state index contributed by atoms with van der Waals surface area (Å²) in [5, 5.41) is 6.98. The molecule has 2 saturated heterocycles. The summed E-state index contributed by atoms with van der Waals surface area (Å²) in [5.41, 5.74) is 0. The molecule has 1 unspecified atom stereocenters. The molecule has 1 aromatic rings. The number of hydrogen-bond donors (Lipinski definition) is 2. The highest BCUT2D eigenvalue weighted by Gasteiger charge is 2.24. The zero-order chi connectivity index (χ0) is 18.0. The van der Waals surface area contributed by atoms with Gasteiger partial charge < -0.3 is 20.0 Å². The molecule has 2 N–H and O–H groups in total. The van der Waals surface area contributed by atoms with Gasteiger partial charge >= 0.3 is 0 Å². The molecule has 1 atom stereocenters. The molecule has 0 spiro atoms. The number of likely N-dealkylation sites (tertiary alicyclic amines) is 2. The number of nitrogens with one attached hydrogen (secondary N) is 2. The Morgan fingerprint density at radius 2 is 1.78 bits per heavy atom. The summed E-state index contributed by atoms with van der Waals surface area (Å²) in [6.07, 6.45) is 9.74. The summed E-state index contributed by atoms with van der Waals surface area (Å²) >= 11 is 0. The second kappa shape index (κ2) is 12.6. The lowest BCUT2D eigenvalue weighted by molar-refractivity contribution is 0.146. The average molecular weight is 489 g/mol. The van der Waals surface area contributed by atoms with Gasteiger partial charge in [-0.1, -0.05) is 12.8 Å². The zero-order valence-corrected chi connectivity index (χ0v) is 19.0. The van der Waals surface area contributed by atoms with Crippen molar-refractivity contribution < 1.29 is 4.42 Å². The van der Waals surface area contributed by atoms with Crippen LogP contribution in [-0.4, -0.2) is 68.6 Å². The van der Waals surface area contributed by atoms with Crippen LogP contribution in [0.4, 0.5) is 0 Å². The quantitative estimate of drug-likeness (QED) is 0.351. The molecule has 0 saturated carbocycles. The topological polar surface area (TPSA) is 56.0 Å². The fourth-order valence-electron chi connectivity index (χ4n) is 4.05. The molecule has 2 aliphatic rings. The summed E-state index contributed by atoms with van der Waals surface area (Å²) < 4.78 is 5.73. The summed E-state index contributed by atoms with van der Waals surface area (Å²) in [7, 11) is 1.85. The SMILES string of the molecule is CN=C(NCCN1CCCCC1)NCC(c1ccco1)N1CCCCC1.I. The van der Waals surface area contributed by atoms with E-state index in [4.69, 9.17) is 4.42 Å². The van der Waals surface area contributed by atoms with Gasteiger partial charge in [-0.15, -0.1) is 24.0 Å². The number of rotatable bonds is 7. The molecular formula is C20H36IN5O. The molecule has 7 heteroatoms. The number of halogens is 1. The van der Waals surface area contributed by atoms with Crippen LogP contribution in [0.5, 0.6) is 0 Å². The predicted octanol–water partition coefficient (Wildman–Crippen LogP) is 3.08. The summed E-state index contributed by atoms with van der Waals surface area (Å²) in [5.74, 6) is 1.93. The van der Waals surface area contributed by atoms with Gasteiger partial charge in [0.15, 0.2) is 5.96 Å². The van der Waals surface area contributed by atoms with Crippen molar-refractivity contribution in [3.05, 3.63) is 24.2 Å². The fraction of sp³-hybridized carbons (Fsp3) is 0.750. The van der Waals surface area contributed by atoms with E-state index in [0.717, 1.165) is 44.4 Å². The second-order valence-electron chi connectivity index (χ2n) is 7.41. The number of furan rings is 1. The Balaban J connectivity index is 0.00000261. The van der Waals surface area contributed by atoms with Gasteiger partial charge in [-0.05, 0) is 64.0 Å². The molecule has 27 heavy (non-hydrogen) atoms. The third-order valence-corrected chi connectivity index (χ3v) is 5.56. The van der Waals surface area contributed by atoms with E-state index < -0.39 is 0 Å². The van der Waals surface area contributed by atoms with Crippen molar-refractivity contribution in [1.82, 2.24) is 20.4 Å². The first kappa shape index (κ1) is 22.5. The standard InChI is InChI=1S/C20H35N5O.HI/c1-21-20(22-10-15-24-11-4-2-5-12-24)23-17-18(19-9-8-16-26-19)25-13-6-3-7-14-25;/h8-9,16,18H,2-7,10-15,17H2,1H3,(H2,21,22,23);1H. The summed E-state index contributed by atoms with van der Waals surface area (Å²) in [4.78, 5) is 9.48. The van der Waals surface area contributed by atoms with Gasteiger partial charge in [0.2, 0.25) is 0 Å². The van der Waals surface area contributed by atoms with Gasteiger partial charge in [0, 0.05) is 26.7 Å². The van der Waals surface area contributed by atoms with Crippen LogP contribution in [0, 0.1) is 0 Å². The molecule has 3 heterocycles. The first-order valence-electron chi connectivity index (χ1n) is 10.3. The molecule has 154 valence electrons. The molecule has 3 rings (SSSR count). The minimum Gasteiger partial charge on any atom is -0.468 e. The van der Waals surface area contributed by atoms with Crippen molar-refractivity contribution in [3.63, 3.8) is 0 Å². The Bertz CT molecular complexity index is 524. The molecule has 6 nitrogen and oxygen atoms in total. The van der Waals surface area contributed by atoms with Crippen molar-refractivity contribution in [2.45, 2.75) is 44.6 Å². The first-order chi connectivity index (χ1) is 12.9. The second-order valence-corrected chi connectivity index (χ2v) is 7.41. The molecule has 2 fully saturated rings. The number of guanidine groups is 1. The Hall–Kier alpha value is -0.800. The smallest absolute Gasteiger partial charge is 0.191 e. The summed E-state index contributed by atoms with van der Waals surface area (Å²) in [6.45, 7) is 7.62. The van der Waals surface area contributed by atoms with Crippen molar-refractivity contribution >= 4 is 29.9 Å². The van der Waals surface area contributed by atoms with Crippen LogP contribution in [0.2, 0.25) is 0 Å². The van der Waals surface area contributed by atoms with Crippen LogP contribution in [0.15, 0.2) is 27.8 Å². The zero-order valence-electron chi connectivity index (χ0n) is 16.7. The predicted molar refractivity (Wildman–Crippen MR) is 122 cm³/mol. The van der Waals surface area contributed by atoms with Gasteiger partial charge in [-0.25, -0.2) is 0 Å². The van der Waals surface area contributed by atoms with Crippen molar-refractivity contribution in [2.24, 2.45) is 4.99 Å². The highest BCUT2D eigenvalue weighted by molar-refractivity contribution is 14.0. The van der Waals surface area contributed by atoms with Crippen LogP contribution < -0.4 is 10.6 Å². The fourth-order valence-corrected chi connectivity index (χ4v) is 4.05. The van der Waals surface area contributed by atoms with Crippen molar-refractivity contribution in [1.29, 1.82) is 0 Å². The van der Waals surface area contributed by atoms with E-state index in [-0.39, 0.29) is 30.0 Å². The van der Waals surface area contributed by atoms with Crippen molar-refractivity contribution in [3.8, 4) is 0 Å². The van der Waals surface area contributed by atoms with E-state index in [1.165, 1.54) is 51.6 Å². The van der Waals surface area contributed by atoms with Crippen molar-refractivity contribution in [2.75, 3.05) is 52.9 Å². The van der Waals surface area contributed by atoms with Crippen LogP contribution in [0.25, 0.3) is 0 Å². The van der Waals surface area contributed by atoms with Gasteiger partial charge in [-0.3, -0.25) is 9.89 Å². The lowest BCUT2D eigenvalue weighted by Gasteiger charge is -2.33. The molecule has 0 bridgehead atoms. The van der Waals surface area contributed by atoms with Crippen LogP contribution >= 0.6 is 24.0 Å². The minimum absolute atomic E-state index is 0. The van der Waals surface area contributed by atoms with Crippen LogP contribution in [0.3, 0.4) is 0 Å². The molecule has 0 aliphatic carbocycles. The average Bonchev–Trinajstić information content (AvgIpc) is 3.23. The number of nitrogens with zero attached hydrogens (tertiary/aromatic N) is 3. The third kappa shape index (κ3) is 7.27. The van der Waals surface area contributed by atoms with E-state index in [1.807, 2.05) is 13.1 Å².